The molecule has 2 aliphatic rings. The largest absolute Gasteiger partial charge is 0.491 e. The molecule has 12 heteroatoms. The summed E-state index contributed by atoms with van der Waals surface area (Å²) in [4.78, 5) is 31.2. The molecule has 11 nitrogen and oxygen atoms in total. The molecule has 1 atom stereocenters. The summed E-state index contributed by atoms with van der Waals surface area (Å²) in [6.45, 7) is 3.78. The number of methoxy groups -OCH3 is 1. The first-order valence-corrected chi connectivity index (χ1v) is 17.5. The number of hydrogen-bond donors (Lipinski definition) is 1. The minimum absolute atomic E-state index is 0.116. The van der Waals surface area contributed by atoms with Gasteiger partial charge in [0.05, 0.1) is 29.8 Å². The van der Waals surface area contributed by atoms with Crippen molar-refractivity contribution in [3.05, 3.63) is 107 Å². The van der Waals surface area contributed by atoms with E-state index in [9.17, 15) is 18.0 Å². The highest BCUT2D eigenvalue weighted by Gasteiger charge is 2.37. The number of ether oxygens (including phenoxy) is 2. The maximum Gasteiger partial charge on any atom is 0.329 e. The SMILES string of the molecule is COCCOc1cccc(Cn2c(C(=O)N3CCNCC3)c(-c3ccccc3)n(C3CCCN(S(=O)(=O)c4ccccc4)C3)c2=O)c1. The van der Waals surface area contributed by atoms with Gasteiger partial charge in [-0.2, -0.15) is 4.31 Å². The van der Waals surface area contributed by atoms with Crippen molar-refractivity contribution in [1.82, 2.24) is 23.7 Å². The Hall–Kier alpha value is -4.23. The van der Waals surface area contributed by atoms with Gasteiger partial charge in [-0.1, -0.05) is 60.7 Å². The van der Waals surface area contributed by atoms with Gasteiger partial charge in [0.2, 0.25) is 10.0 Å². The highest BCUT2D eigenvalue weighted by Crippen LogP contribution is 2.33. The molecule has 47 heavy (non-hydrogen) atoms. The molecule has 4 aromatic rings. The second-order valence-corrected chi connectivity index (χ2v) is 13.7. The quantitative estimate of drug-likeness (QED) is 0.245. The smallest absolute Gasteiger partial charge is 0.329 e. The first kappa shape index (κ1) is 32.7. The Balaban J connectivity index is 1.47. The highest BCUT2D eigenvalue weighted by atomic mass is 32.2. The third kappa shape index (κ3) is 7.05. The number of amides is 1. The Bertz CT molecular complexity index is 1840. The Morgan fingerprint density at radius 3 is 2.36 bits per heavy atom. The van der Waals surface area contributed by atoms with Gasteiger partial charge >= 0.3 is 5.69 Å². The van der Waals surface area contributed by atoms with Crippen LogP contribution >= 0.6 is 0 Å². The number of imidazole rings is 1. The Morgan fingerprint density at radius 2 is 1.64 bits per heavy atom. The van der Waals surface area contributed by atoms with Gasteiger partial charge in [-0.25, -0.2) is 13.2 Å². The Labute approximate surface area is 275 Å². The number of rotatable bonds is 11. The molecule has 1 aromatic heterocycles. The zero-order valence-electron chi connectivity index (χ0n) is 26.6. The fourth-order valence-corrected chi connectivity index (χ4v) is 7.94. The predicted octanol–water partition coefficient (Wildman–Crippen LogP) is 3.46. The molecule has 1 N–H and O–H groups in total. The van der Waals surface area contributed by atoms with Crippen LogP contribution in [0, 0.1) is 0 Å². The van der Waals surface area contributed by atoms with Crippen LogP contribution in [0.2, 0.25) is 0 Å². The van der Waals surface area contributed by atoms with Gasteiger partial charge in [-0.15, -0.1) is 0 Å². The van der Waals surface area contributed by atoms with Crippen LogP contribution in [0.25, 0.3) is 11.3 Å². The summed E-state index contributed by atoms with van der Waals surface area (Å²) in [5.41, 5.74) is 1.98. The van der Waals surface area contributed by atoms with Gasteiger partial charge in [0, 0.05) is 51.9 Å². The fourth-order valence-electron chi connectivity index (χ4n) is 6.41. The van der Waals surface area contributed by atoms with Gasteiger partial charge < -0.3 is 19.7 Å². The molecule has 2 aliphatic heterocycles. The van der Waals surface area contributed by atoms with E-state index in [1.807, 2.05) is 54.6 Å². The second kappa shape index (κ2) is 14.7. The van der Waals surface area contributed by atoms with Crippen molar-refractivity contribution in [3.63, 3.8) is 0 Å². The van der Waals surface area contributed by atoms with Crippen molar-refractivity contribution >= 4 is 15.9 Å². The third-order valence-electron chi connectivity index (χ3n) is 8.73. The van der Waals surface area contributed by atoms with E-state index in [-0.39, 0.29) is 29.6 Å². The zero-order chi connectivity index (χ0) is 32.8. The van der Waals surface area contributed by atoms with Gasteiger partial charge in [0.1, 0.15) is 18.1 Å². The van der Waals surface area contributed by atoms with E-state index in [0.29, 0.717) is 75.9 Å². The molecule has 1 amide bonds. The maximum atomic E-state index is 14.7. The molecule has 248 valence electrons. The summed E-state index contributed by atoms with van der Waals surface area (Å²) < 4.78 is 43.1. The highest BCUT2D eigenvalue weighted by molar-refractivity contribution is 7.89. The molecule has 0 radical (unpaired) electrons. The van der Waals surface area contributed by atoms with Crippen molar-refractivity contribution in [2.75, 3.05) is 59.6 Å². The molecule has 2 fully saturated rings. The van der Waals surface area contributed by atoms with Crippen LogP contribution in [-0.4, -0.2) is 92.3 Å². The number of carbonyl (C=O) groups excluding carboxylic acids is 1. The number of benzene rings is 3. The van der Waals surface area contributed by atoms with E-state index >= 15 is 0 Å². The zero-order valence-corrected chi connectivity index (χ0v) is 27.4. The van der Waals surface area contributed by atoms with Crippen LogP contribution in [0.5, 0.6) is 5.75 Å². The summed E-state index contributed by atoms with van der Waals surface area (Å²) in [5, 5.41) is 3.30. The topological polar surface area (TPSA) is 115 Å². The number of nitrogens with one attached hydrogen (secondary N) is 1. The standard InChI is InChI=1S/C35H41N5O6S/c1-45-22-23-46-30-14-8-10-27(24-30)25-39-33(34(41)37-20-17-36-18-21-37)32(28-11-4-2-5-12-28)40(35(39)42)29-13-9-19-38(26-29)47(43,44)31-15-6-3-7-16-31/h2-8,10-12,14-16,24,29,36H,9,13,17-23,25-26H2,1H3. The number of aromatic nitrogens is 2. The minimum atomic E-state index is -3.79. The first-order chi connectivity index (χ1) is 22.9. The van der Waals surface area contributed by atoms with E-state index in [1.54, 1.807) is 51.5 Å². The van der Waals surface area contributed by atoms with Crippen LogP contribution in [0.1, 0.15) is 34.9 Å². The summed E-state index contributed by atoms with van der Waals surface area (Å²) in [6.07, 6.45) is 1.17. The number of nitrogens with zero attached hydrogens (tertiary/aromatic N) is 4. The molecule has 6 rings (SSSR count). The molecular formula is C35H41N5O6S. The van der Waals surface area contributed by atoms with Crippen LogP contribution in [0.15, 0.2) is 94.6 Å². The van der Waals surface area contributed by atoms with Gasteiger partial charge in [0.15, 0.2) is 0 Å². The lowest BCUT2D eigenvalue weighted by molar-refractivity contribution is 0.0725. The number of piperazine rings is 1. The molecular weight excluding hydrogens is 618 g/mol. The van der Waals surface area contributed by atoms with Crippen LogP contribution < -0.4 is 15.7 Å². The number of carbonyl (C=O) groups is 1. The minimum Gasteiger partial charge on any atom is -0.491 e. The first-order valence-electron chi connectivity index (χ1n) is 16.0. The average Bonchev–Trinajstić information content (AvgIpc) is 3.40. The number of hydrogen-bond acceptors (Lipinski definition) is 7. The van der Waals surface area contributed by atoms with E-state index in [0.717, 1.165) is 11.1 Å². The van der Waals surface area contributed by atoms with Crippen LogP contribution in [0.4, 0.5) is 0 Å². The Morgan fingerprint density at radius 1 is 0.915 bits per heavy atom. The van der Waals surface area contributed by atoms with Gasteiger partial charge in [0.25, 0.3) is 5.91 Å². The van der Waals surface area contributed by atoms with Crippen molar-refractivity contribution in [1.29, 1.82) is 0 Å². The van der Waals surface area contributed by atoms with E-state index in [2.05, 4.69) is 5.32 Å². The molecule has 3 aromatic carbocycles. The van der Waals surface area contributed by atoms with Gasteiger partial charge in [-0.05, 0) is 42.7 Å². The summed E-state index contributed by atoms with van der Waals surface area (Å²) in [5.74, 6) is 0.414. The van der Waals surface area contributed by atoms with Crippen LogP contribution in [-0.2, 0) is 21.3 Å². The molecule has 0 bridgehead atoms. The normalized spacial score (nSPS) is 17.5. The molecule has 2 saturated heterocycles. The van der Waals surface area contributed by atoms with E-state index in [4.69, 9.17) is 9.47 Å². The molecule has 0 spiro atoms. The monoisotopic (exact) mass is 659 g/mol. The molecule has 3 heterocycles. The van der Waals surface area contributed by atoms with E-state index in [1.165, 1.54) is 4.31 Å². The lowest BCUT2D eigenvalue weighted by Gasteiger charge is -2.33. The number of piperidine rings is 1. The number of sulfonamides is 1. The average molecular weight is 660 g/mol. The summed E-state index contributed by atoms with van der Waals surface area (Å²) in [7, 11) is -2.18. The Kier molecular flexibility index (Phi) is 10.2. The third-order valence-corrected chi connectivity index (χ3v) is 10.6. The lowest BCUT2D eigenvalue weighted by atomic mass is 10.0. The van der Waals surface area contributed by atoms with Crippen molar-refractivity contribution in [3.8, 4) is 17.0 Å². The summed E-state index contributed by atoms with van der Waals surface area (Å²) >= 11 is 0. The van der Waals surface area contributed by atoms with Crippen LogP contribution in [0.3, 0.4) is 0 Å². The maximum absolute atomic E-state index is 14.7. The summed E-state index contributed by atoms with van der Waals surface area (Å²) in [6, 6.07) is 24.8. The van der Waals surface area contributed by atoms with Gasteiger partial charge in [-0.3, -0.25) is 13.9 Å². The lowest BCUT2D eigenvalue weighted by Crippen LogP contribution is -2.47. The molecule has 1 unspecified atom stereocenters. The molecule has 0 aliphatic carbocycles. The fraction of sp³-hybridized carbons (Fsp3) is 0.371. The second-order valence-electron chi connectivity index (χ2n) is 11.8. The predicted molar refractivity (Wildman–Crippen MR) is 179 cm³/mol. The van der Waals surface area contributed by atoms with Crippen molar-refractivity contribution in [2.45, 2.75) is 30.3 Å². The van der Waals surface area contributed by atoms with Crippen molar-refractivity contribution in [2.24, 2.45) is 0 Å². The van der Waals surface area contributed by atoms with E-state index < -0.39 is 16.1 Å². The van der Waals surface area contributed by atoms with Crippen molar-refractivity contribution < 1.29 is 22.7 Å². The molecule has 0 saturated carbocycles.